The van der Waals surface area contributed by atoms with Crippen LogP contribution in [0.5, 0.6) is 0 Å². The molecule has 0 saturated carbocycles. The third-order valence-electron chi connectivity index (χ3n) is 3.91. The molecule has 1 N–H and O–H groups in total. The number of halogens is 3. The Kier molecular flexibility index (Phi) is 3.64. The molecule has 0 saturated heterocycles. The summed E-state index contributed by atoms with van der Waals surface area (Å²) in [7, 11) is 0. The second kappa shape index (κ2) is 5.48. The predicted octanol–water partition coefficient (Wildman–Crippen LogP) is 4.12. The quantitative estimate of drug-likeness (QED) is 0.888. The van der Waals surface area contributed by atoms with Gasteiger partial charge in [-0.25, -0.2) is 0 Å². The summed E-state index contributed by atoms with van der Waals surface area (Å²) >= 11 is 0. The van der Waals surface area contributed by atoms with Crippen LogP contribution < -0.4 is 5.32 Å². The smallest absolute Gasteiger partial charge is 0.345 e. The fourth-order valence-electron chi connectivity index (χ4n) is 2.76. The Hall–Kier alpha value is -2.30. The third kappa shape index (κ3) is 2.84. The van der Waals surface area contributed by atoms with Crippen LogP contribution in [0.3, 0.4) is 0 Å². The zero-order valence-corrected chi connectivity index (χ0v) is 11.7. The Morgan fingerprint density at radius 1 is 1.05 bits per heavy atom. The molecule has 0 fully saturated rings. The first-order chi connectivity index (χ1) is 10.4. The highest BCUT2D eigenvalue weighted by Crippen LogP contribution is 2.31. The van der Waals surface area contributed by atoms with Gasteiger partial charge < -0.3 is 5.32 Å². The second-order valence-electron chi connectivity index (χ2n) is 5.34. The first-order valence-corrected chi connectivity index (χ1v) is 7.01. The minimum absolute atomic E-state index is 0.0778. The van der Waals surface area contributed by atoms with E-state index in [9.17, 15) is 18.0 Å². The molecule has 2 aromatic rings. The van der Waals surface area contributed by atoms with Crippen LogP contribution in [0.2, 0.25) is 0 Å². The number of hydrogen-bond donors (Lipinski definition) is 1. The molecule has 22 heavy (non-hydrogen) atoms. The van der Waals surface area contributed by atoms with E-state index in [1.54, 1.807) is 0 Å². The number of rotatable bonds is 2. The van der Waals surface area contributed by atoms with Gasteiger partial charge in [-0.2, -0.15) is 13.2 Å². The maximum Gasteiger partial charge on any atom is 0.416 e. The molecule has 0 spiro atoms. The number of amides is 1. The molecule has 0 aliphatic heterocycles. The maximum absolute atomic E-state index is 12.5. The van der Waals surface area contributed by atoms with E-state index in [4.69, 9.17) is 0 Å². The Bertz CT molecular complexity index is 692. The first kappa shape index (κ1) is 14.6. The fraction of sp³-hybridized carbons (Fsp3) is 0.235. The molecule has 0 radical (unpaired) electrons. The topological polar surface area (TPSA) is 29.1 Å². The van der Waals surface area contributed by atoms with Crippen LogP contribution in [0.4, 0.5) is 13.2 Å². The summed E-state index contributed by atoms with van der Waals surface area (Å²) in [5.41, 5.74) is 1.77. The molecule has 2 aromatic carbocycles. The number of alkyl halides is 3. The number of benzene rings is 2. The van der Waals surface area contributed by atoms with E-state index in [-0.39, 0.29) is 17.5 Å². The van der Waals surface area contributed by atoms with Gasteiger partial charge in [-0.1, -0.05) is 24.3 Å². The fourth-order valence-corrected chi connectivity index (χ4v) is 2.76. The van der Waals surface area contributed by atoms with E-state index >= 15 is 0 Å². The summed E-state index contributed by atoms with van der Waals surface area (Å²) < 4.78 is 37.5. The van der Waals surface area contributed by atoms with E-state index in [0.29, 0.717) is 0 Å². The van der Waals surface area contributed by atoms with Crippen molar-refractivity contribution in [3.8, 4) is 0 Å². The van der Waals surface area contributed by atoms with E-state index in [1.807, 2.05) is 24.3 Å². The summed E-state index contributed by atoms with van der Waals surface area (Å²) in [4.78, 5) is 12.2. The van der Waals surface area contributed by atoms with Crippen molar-refractivity contribution in [3.05, 3.63) is 70.8 Å². The summed E-state index contributed by atoms with van der Waals surface area (Å²) in [5, 5.41) is 2.89. The minimum Gasteiger partial charge on any atom is -0.345 e. The van der Waals surface area contributed by atoms with Crippen LogP contribution in [-0.2, 0) is 12.6 Å². The monoisotopic (exact) mass is 305 g/mol. The lowest BCUT2D eigenvalue weighted by atomic mass is 10.1. The highest BCUT2D eigenvalue weighted by Gasteiger charge is 2.30. The van der Waals surface area contributed by atoms with E-state index < -0.39 is 11.7 Å². The molecule has 1 atom stereocenters. The molecule has 1 aliphatic carbocycles. The van der Waals surface area contributed by atoms with Gasteiger partial charge in [0, 0.05) is 5.56 Å². The van der Waals surface area contributed by atoms with E-state index in [0.717, 1.165) is 30.5 Å². The lowest BCUT2D eigenvalue weighted by Gasteiger charge is -2.14. The van der Waals surface area contributed by atoms with E-state index in [2.05, 4.69) is 5.32 Å². The van der Waals surface area contributed by atoms with Gasteiger partial charge in [-0.05, 0) is 48.2 Å². The van der Waals surface area contributed by atoms with Gasteiger partial charge in [0.2, 0.25) is 0 Å². The Balaban J connectivity index is 1.73. The van der Waals surface area contributed by atoms with Gasteiger partial charge in [0.25, 0.3) is 5.91 Å². The average molecular weight is 305 g/mol. The number of carbonyl (C=O) groups excluding carboxylic acids is 1. The normalized spacial score (nSPS) is 17.1. The zero-order chi connectivity index (χ0) is 15.7. The minimum atomic E-state index is -4.39. The summed E-state index contributed by atoms with van der Waals surface area (Å²) in [5.74, 6) is -0.351. The maximum atomic E-state index is 12.5. The molecule has 2 nitrogen and oxygen atoms in total. The zero-order valence-electron chi connectivity index (χ0n) is 11.7. The number of aryl methyl sites for hydroxylation is 1. The van der Waals surface area contributed by atoms with Crippen molar-refractivity contribution in [3.63, 3.8) is 0 Å². The summed E-state index contributed by atoms with van der Waals surface area (Å²) in [6.45, 7) is 0. The number of nitrogens with one attached hydrogen (secondary N) is 1. The number of hydrogen-bond acceptors (Lipinski definition) is 1. The van der Waals surface area contributed by atoms with Gasteiger partial charge >= 0.3 is 6.18 Å². The predicted molar refractivity (Wildman–Crippen MR) is 76.4 cm³/mol. The molecule has 3 rings (SSSR count). The molecule has 0 unspecified atom stereocenters. The third-order valence-corrected chi connectivity index (χ3v) is 3.91. The number of carbonyl (C=O) groups is 1. The molecule has 114 valence electrons. The van der Waals surface area contributed by atoms with Crippen molar-refractivity contribution in [2.75, 3.05) is 0 Å². The van der Waals surface area contributed by atoms with E-state index in [1.165, 1.54) is 17.7 Å². The van der Waals surface area contributed by atoms with Crippen LogP contribution in [0, 0.1) is 0 Å². The summed E-state index contributed by atoms with van der Waals surface area (Å²) in [6.07, 6.45) is -2.68. The van der Waals surface area contributed by atoms with Crippen molar-refractivity contribution >= 4 is 5.91 Å². The lowest BCUT2D eigenvalue weighted by molar-refractivity contribution is -0.137. The average Bonchev–Trinajstić information content (AvgIpc) is 2.90. The molecule has 0 bridgehead atoms. The second-order valence-corrected chi connectivity index (χ2v) is 5.34. The molecule has 1 amide bonds. The van der Waals surface area contributed by atoms with Crippen molar-refractivity contribution in [2.45, 2.75) is 25.1 Å². The van der Waals surface area contributed by atoms with Gasteiger partial charge in [-0.3, -0.25) is 4.79 Å². The van der Waals surface area contributed by atoms with Crippen LogP contribution in [0.1, 0.15) is 39.5 Å². The van der Waals surface area contributed by atoms with Crippen LogP contribution in [0.25, 0.3) is 0 Å². The van der Waals surface area contributed by atoms with Gasteiger partial charge in [0.15, 0.2) is 0 Å². The highest BCUT2D eigenvalue weighted by atomic mass is 19.4. The van der Waals surface area contributed by atoms with Crippen LogP contribution in [-0.4, -0.2) is 5.91 Å². The lowest BCUT2D eigenvalue weighted by Crippen LogP contribution is -2.27. The molecule has 1 aliphatic rings. The number of fused-ring (bicyclic) bond motifs is 1. The Morgan fingerprint density at radius 2 is 1.73 bits per heavy atom. The standard InChI is InChI=1S/C17H14F3NO/c18-17(19,20)13-8-5-12(6-9-13)16(22)21-15-10-7-11-3-1-2-4-14(11)15/h1-6,8-9,15H,7,10H2,(H,21,22)/t15-/m0/s1. The van der Waals surface area contributed by atoms with Crippen molar-refractivity contribution in [1.82, 2.24) is 5.32 Å². The van der Waals surface area contributed by atoms with Gasteiger partial charge in [0.05, 0.1) is 11.6 Å². The van der Waals surface area contributed by atoms with Gasteiger partial charge in [0.1, 0.15) is 0 Å². The van der Waals surface area contributed by atoms with Crippen molar-refractivity contribution in [1.29, 1.82) is 0 Å². The first-order valence-electron chi connectivity index (χ1n) is 7.01. The van der Waals surface area contributed by atoms with Crippen molar-refractivity contribution < 1.29 is 18.0 Å². The van der Waals surface area contributed by atoms with Crippen LogP contribution in [0.15, 0.2) is 48.5 Å². The molecular weight excluding hydrogens is 291 g/mol. The SMILES string of the molecule is O=C(N[C@H]1CCc2ccccc21)c1ccc(C(F)(F)F)cc1. The van der Waals surface area contributed by atoms with Crippen LogP contribution >= 0.6 is 0 Å². The Morgan fingerprint density at radius 3 is 2.41 bits per heavy atom. The molecule has 0 heterocycles. The molecule has 5 heteroatoms. The largest absolute Gasteiger partial charge is 0.416 e. The Labute approximate surface area is 126 Å². The van der Waals surface area contributed by atoms with Crippen molar-refractivity contribution in [2.24, 2.45) is 0 Å². The summed E-state index contributed by atoms with van der Waals surface area (Å²) in [6, 6.07) is 12.1. The molecular formula is C17H14F3NO. The molecule has 0 aromatic heterocycles. The van der Waals surface area contributed by atoms with Gasteiger partial charge in [-0.15, -0.1) is 0 Å². The highest BCUT2D eigenvalue weighted by molar-refractivity contribution is 5.94.